The van der Waals surface area contributed by atoms with Crippen LogP contribution in [-0.2, 0) is 9.59 Å². The molecule has 0 spiro atoms. The minimum Gasteiger partial charge on any atom is -0.492 e. The number of carbonyl (C=O) groups is 3. The van der Waals surface area contributed by atoms with Gasteiger partial charge in [0, 0.05) is 19.7 Å². The molecule has 23 heavy (non-hydrogen) atoms. The fourth-order valence-electron chi connectivity index (χ4n) is 2.28. The van der Waals surface area contributed by atoms with Crippen LogP contribution < -0.4 is 10.1 Å². The summed E-state index contributed by atoms with van der Waals surface area (Å²) in [4.78, 5) is 36.5. The molecule has 2 amide bonds. The highest BCUT2D eigenvalue weighted by Gasteiger charge is 2.48. The van der Waals surface area contributed by atoms with Crippen molar-refractivity contribution in [2.24, 2.45) is 11.8 Å². The Morgan fingerprint density at radius 2 is 2.00 bits per heavy atom. The van der Waals surface area contributed by atoms with Gasteiger partial charge in [0.2, 0.25) is 5.91 Å². The lowest BCUT2D eigenvalue weighted by atomic mass is 10.1. The number of amides is 2. The number of hydrogen-bond donors (Lipinski definition) is 2. The fraction of sp³-hybridized carbons (Fsp3) is 0.438. The zero-order chi connectivity index (χ0) is 17.1. The Morgan fingerprint density at radius 1 is 1.30 bits per heavy atom. The van der Waals surface area contributed by atoms with Gasteiger partial charge in [-0.2, -0.15) is 0 Å². The van der Waals surface area contributed by atoms with Crippen LogP contribution in [0.15, 0.2) is 18.2 Å². The Hall–Kier alpha value is -2.57. The molecular formula is C16H20N2O5. The molecule has 1 fully saturated rings. The molecule has 1 aromatic carbocycles. The topological polar surface area (TPSA) is 95.9 Å². The number of nitrogens with one attached hydrogen (secondary N) is 1. The lowest BCUT2D eigenvalue weighted by molar-refractivity contribution is -0.139. The van der Waals surface area contributed by atoms with E-state index in [1.807, 2.05) is 6.92 Å². The molecule has 1 saturated carbocycles. The van der Waals surface area contributed by atoms with Gasteiger partial charge in [-0.15, -0.1) is 0 Å². The molecule has 1 aromatic rings. The molecular weight excluding hydrogens is 300 g/mol. The summed E-state index contributed by atoms with van der Waals surface area (Å²) in [7, 11) is 3.28. The molecule has 0 heterocycles. The van der Waals surface area contributed by atoms with Crippen molar-refractivity contribution in [2.45, 2.75) is 13.3 Å². The smallest absolute Gasteiger partial charge is 0.307 e. The van der Waals surface area contributed by atoms with E-state index >= 15 is 0 Å². The molecule has 1 aliphatic rings. The van der Waals surface area contributed by atoms with Crippen molar-refractivity contribution in [1.82, 2.24) is 4.90 Å². The van der Waals surface area contributed by atoms with Crippen LogP contribution in [0.5, 0.6) is 5.75 Å². The summed E-state index contributed by atoms with van der Waals surface area (Å²) in [5, 5.41) is 11.6. The first-order valence-corrected chi connectivity index (χ1v) is 7.37. The lowest BCUT2D eigenvalue weighted by Crippen LogP contribution is -2.22. The lowest BCUT2D eigenvalue weighted by Gasteiger charge is -2.15. The van der Waals surface area contributed by atoms with E-state index in [4.69, 9.17) is 9.84 Å². The predicted octanol–water partition coefficient (Wildman–Crippen LogP) is 1.45. The van der Waals surface area contributed by atoms with Gasteiger partial charge in [0.25, 0.3) is 5.91 Å². The summed E-state index contributed by atoms with van der Waals surface area (Å²) >= 11 is 0. The highest BCUT2D eigenvalue weighted by Crippen LogP contribution is 2.40. The number of carboxylic acid groups (broad SMARTS) is 1. The Balaban J connectivity index is 2.20. The summed E-state index contributed by atoms with van der Waals surface area (Å²) < 4.78 is 5.45. The third-order valence-electron chi connectivity index (χ3n) is 3.63. The van der Waals surface area contributed by atoms with Crippen LogP contribution in [0.1, 0.15) is 23.7 Å². The highest BCUT2D eigenvalue weighted by molar-refractivity contribution is 6.01. The largest absolute Gasteiger partial charge is 0.492 e. The maximum Gasteiger partial charge on any atom is 0.307 e. The second-order valence-corrected chi connectivity index (χ2v) is 5.62. The van der Waals surface area contributed by atoms with Crippen LogP contribution in [0.3, 0.4) is 0 Å². The molecule has 0 aliphatic heterocycles. The number of anilines is 1. The van der Waals surface area contributed by atoms with Gasteiger partial charge < -0.3 is 20.1 Å². The molecule has 0 saturated heterocycles. The molecule has 0 radical (unpaired) electrons. The van der Waals surface area contributed by atoms with Gasteiger partial charge in [0.1, 0.15) is 5.75 Å². The Bertz CT molecular complexity index is 641. The summed E-state index contributed by atoms with van der Waals surface area (Å²) in [6, 6.07) is 4.79. The maximum atomic E-state index is 12.1. The van der Waals surface area contributed by atoms with E-state index in [0.717, 1.165) is 0 Å². The molecule has 2 unspecified atom stereocenters. The van der Waals surface area contributed by atoms with E-state index in [1.165, 1.54) is 4.90 Å². The zero-order valence-electron chi connectivity index (χ0n) is 13.3. The van der Waals surface area contributed by atoms with Gasteiger partial charge in [0.15, 0.2) is 0 Å². The van der Waals surface area contributed by atoms with Crippen molar-refractivity contribution < 1.29 is 24.2 Å². The Kier molecular flexibility index (Phi) is 4.88. The van der Waals surface area contributed by atoms with Gasteiger partial charge in [-0.1, -0.05) is 0 Å². The average Bonchev–Trinajstić information content (AvgIpc) is 3.29. The first-order chi connectivity index (χ1) is 10.8. The number of hydrogen-bond acceptors (Lipinski definition) is 4. The van der Waals surface area contributed by atoms with Crippen molar-refractivity contribution in [3.8, 4) is 5.75 Å². The van der Waals surface area contributed by atoms with Crippen molar-refractivity contribution in [3.63, 3.8) is 0 Å². The number of rotatable bonds is 6. The van der Waals surface area contributed by atoms with Gasteiger partial charge in [-0.05, 0) is 31.5 Å². The molecule has 1 aliphatic carbocycles. The average molecular weight is 320 g/mol. The number of ether oxygens (including phenoxy) is 1. The fourth-order valence-corrected chi connectivity index (χ4v) is 2.28. The first-order valence-electron chi connectivity index (χ1n) is 7.37. The van der Waals surface area contributed by atoms with Crippen LogP contribution in [0.25, 0.3) is 0 Å². The summed E-state index contributed by atoms with van der Waals surface area (Å²) in [5.41, 5.74) is 0.792. The number of nitrogens with zero attached hydrogens (tertiary/aromatic N) is 1. The number of carboxylic acids is 1. The standard InChI is InChI=1S/C16H20N2O5/c1-4-23-13-6-5-9(15(20)18(2)3)7-12(13)17-14(19)10-8-11(10)16(21)22/h5-7,10-11H,4,8H2,1-3H3,(H,17,19)(H,21,22). The van der Waals surface area contributed by atoms with Crippen LogP contribution >= 0.6 is 0 Å². The van der Waals surface area contributed by atoms with Gasteiger partial charge in [-0.25, -0.2) is 0 Å². The molecule has 7 heteroatoms. The predicted molar refractivity (Wildman–Crippen MR) is 83.5 cm³/mol. The van der Waals surface area contributed by atoms with Crippen molar-refractivity contribution in [2.75, 3.05) is 26.0 Å². The van der Waals surface area contributed by atoms with Crippen LogP contribution in [0, 0.1) is 11.8 Å². The zero-order valence-corrected chi connectivity index (χ0v) is 13.3. The van der Waals surface area contributed by atoms with E-state index < -0.39 is 17.8 Å². The number of carbonyl (C=O) groups excluding carboxylic acids is 2. The third-order valence-corrected chi connectivity index (χ3v) is 3.63. The van der Waals surface area contributed by atoms with Crippen molar-refractivity contribution in [1.29, 1.82) is 0 Å². The number of aliphatic carboxylic acids is 1. The quantitative estimate of drug-likeness (QED) is 0.827. The molecule has 2 N–H and O–H groups in total. The molecule has 2 atom stereocenters. The Morgan fingerprint density at radius 3 is 2.52 bits per heavy atom. The van der Waals surface area contributed by atoms with Crippen LogP contribution in [0.2, 0.25) is 0 Å². The molecule has 0 bridgehead atoms. The second-order valence-electron chi connectivity index (χ2n) is 5.62. The summed E-state index contributed by atoms with van der Waals surface area (Å²) in [5.74, 6) is -2.24. The van der Waals surface area contributed by atoms with E-state index in [2.05, 4.69) is 5.32 Å². The second kappa shape index (κ2) is 6.68. The summed E-state index contributed by atoms with van der Waals surface area (Å²) in [6.07, 6.45) is 0.335. The highest BCUT2D eigenvalue weighted by atomic mass is 16.5. The maximum absolute atomic E-state index is 12.1. The first kappa shape index (κ1) is 16.8. The van der Waals surface area contributed by atoms with Crippen LogP contribution in [-0.4, -0.2) is 48.5 Å². The molecule has 7 nitrogen and oxygen atoms in total. The van der Waals surface area contributed by atoms with Crippen molar-refractivity contribution >= 4 is 23.5 Å². The van der Waals surface area contributed by atoms with E-state index in [0.29, 0.717) is 30.0 Å². The third kappa shape index (κ3) is 3.80. The molecule has 124 valence electrons. The van der Waals surface area contributed by atoms with E-state index in [-0.39, 0.29) is 11.8 Å². The minimum absolute atomic E-state index is 0.196. The monoisotopic (exact) mass is 320 g/mol. The van der Waals surface area contributed by atoms with Gasteiger partial charge in [-0.3, -0.25) is 14.4 Å². The Labute approximate surface area is 134 Å². The van der Waals surface area contributed by atoms with Gasteiger partial charge in [0.05, 0.1) is 24.1 Å². The SMILES string of the molecule is CCOc1ccc(C(=O)N(C)C)cc1NC(=O)C1CC1C(=O)O. The van der Waals surface area contributed by atoms with Gasteiger partial charge >= 0.3 is 5.97 Å². The normalized spacial score (nSPS) is 18.9. The molecule has 2 rings (SSSR count). The van der Waals surface area contributed by atoms with E-state index in [9.17, 15) is 14.4 Å². The van der Waals surface area contributed by atoms with Crippen molar-refractivity contribution in [3.05, 3.63) is 23.8 Å². The summed E-state index contributed by atoms with van der Waals surface area (Å²) in [6.45, 7) is 2.22. The number of benzene rings is 1. The molecule has 0 aromatic heterocycles. The van der Waals surface area contributed by atoms with Crippen LogP contribution in [0.4, 0.5) is 5.69 Å². The minimum atomic E-state index is -0.966. The van der Waals surface area contributed by atoms with E-state index in [1.54, 1.807) is 32.3 Å².